The van der Waals surface area contributed by atoms with Crippen LogP contribution in [0.3, 0.4) is 0 Å². The van der Waals surface area contributed by atoms with Gasteiger partial charge < -0.3 is 0 Å². The summed E-state index contributed by atoms with van der Waals surface area (Å²) in [6, 6.07) is 2.02. The van der Waals surface area contributed by atoms with Crippen LogP contribution in [0.2, 0.25) is 5.15 Å². The molecule has 5 nitrogen and oxygen atoms in total. The molecule has 0 saturated heterocycles. The Hall–Kier alpha value is -2.13. The number of aromatic nitrogens is 4. The second kappa shape index (κ2) is 6.30. The summed E-state index contributed by atoms with van der Waals surface area (Å²) in [5, 5.41) is 3.27. The largest absolute Gasteiger partial charge is 0.435 e. The smallest absolute Gasteiger partial charge is 0.269 e. The SMILES string of the molecule is CC=Cc1c(C)sc2nc(Cn3nc(C(F)(F)F)cc3Cl)cc(=O)n12. The molecule has 0 atom stereocenters. The number of hydrogen-bond donors (Lipinski definition) is 0. The summed E-state index contributed by atoms with van der Waals surface area (Å²) in [5.74, 6) is 0. The van der Waals surface area contributed by atoms with E-state index in [1.807, 2.05) is 26.0 Å². The average molecular weight is 389 g/mol. The molecule has 0 aliphatic heterocycles. The van der Waals surface area contributed by atoms with E-state index in [2.05, 4.69) is 10.1 Å². The van der Waals surface area contributed by atoms with Crippen molar-refractivity contribution in [1.29, 1.82) is 0 Å². The monoisotopic (exact) mass is 388 g/mol. The molecule has 0 fully saturated rings. The zero-order valence-electron chi connectivity index (χ0n) is 13.1. The number of rotatable bonds is 3. The van der Waals surface area contributed by atoms with Gasteiger partial charge in [0, 0.05) is 17.0 Å². The second-order valence-electron chi connectivity index (χ2n) is 5.25. The van der Waals surface area contributed by atoms with E-state index >= 15 is 0 Å². The highest BCUT2D eigenvalue weighted by Crippen LogP contribution is 2.30. The van der Waals surface area contributed by atoms with Crippen LogP contribution < -0.4 is 5.56 Å². The first-order valence-electron chi connectivity index (χ1n) is 7.16. The Labute approximate surface area is 149 Å². The molecule has 132 valence electrons. The molecule has 3 heterocycles. The quantitative estimate of drug-likeness (QED) is 0.681. The third kappa shape index (κ3) is 3.34. The first-order chi connectivity index (χ1) is 11.7. The molecular formula is C15H12ClF3N4OS. The predicted octanol–water partition coefficient (Wildman–Crippen LogP) is 4.01. The summed E-state index contributed by atoms with van der Waals surface area (Å²) in [7, 11) is 0. The fourth-order valence-corrected chi connectivity index (χ4v) is 3.55. The molecule has 0 aliphatic carbocycles. The third-order valence-electron chi connectivity index (χ3n) is 3.44. The first-order valence-corrected chi connectivity index (χ1v) is 8.35. The van der Waals surface area contributed by atoms with Crippen LogP contribution in [-0.4, -0.2) is 19.2 Å². The van der Waals surface area contributed by atoms with Crippen LogP contribution in [0.5, 0.6) is 0 Å². The van der Waals surface area contributed by atoms with Gasteiger partial charge in [-0.15, -0.1) is 11.3 Å². The van der Waals surface area contributed by atoms with E-state index in [9.17, 15) is 18.0 Å². The number of nitrogens with zero attached hydrogens (tertiary/aromatic N) is 4. The highest BCUT2D eigenvalue weighted by Gasteiger charge is 2.34. The molecule has 3 rings (SSSR count). The molecule has 3 aromatic heterocycles. The molecular weight excluding hydrogens is 377 g/mol. The van der Waals surface area contributed by atoms with E-state index in [0.29, 0.717) is 4.96 Å². The Balaban J connectivity index is 2.04. The normalized spacial score (nSPS) is 12.6. The van der Waals surface area contributed by atoms with Crippen molar-refractivity contribution in [2.75, 3.05) is 0 Å². The number of thiazole rings is 1. The summed E-state index contributed by atoms with van der Waals surface area (Å²) >= 11 is 7.14. The number of aryl methyl sites for hydroxylation is 1. The zero-order valence-corrected chi connectivity index (χ0v) is 14.7. The van der Waals surface area contributed by atoms with Crippen LogP contribution in [0.15, 0.2) is 23.0 Å². The number of hydrogen-bond acceptors (Lipinski definition) is 4. The van der Waals surface area contributed by atoms with Gasteiger partial charge in [-0.3, -0.25) is 9.20 Å². The van der Waals surface area contributed by atoms with E-state index < -0.39 is 11.9 Å². The lowest BCUT2D eigenvalue weighted by molar-refractivity contribution is -0.141. The maximum atomic E-state index is 12.7. The second-order valence-corrected chi connectivity index (χ2v) is 6.82. The van der Waals surface area contributed by atoms with Crippen molar-refractivity contribution in [1.82, 2.24) is 19.2 Å². The number of halogens is 4. The summed E-state index contributed by atoms with van der Waals surface area (Å²) in [6.45, 7) is 3.58. The first kappa shape index (κ1) is 17.7. The van der Waals surface area contributed by atoms with Crippen LogP contribution in [-0.2, 0) is 12.7 Å². The summed E-state index contributed by atoms with van der Waals surface area (Å²) in [6.07, 6.45) is -0.962. The Bertz CT molecular complexity index is 1030. The lowest BCUT2D eigenvalue weighted by Crippen LogP contribution is -2.17. The fraction of sp³-hybridized carbons (Fsp3) is 0.267. The molecule has 10 heteroatoms. The van der Waals surface area contributed by atoms with Crippen molar-refractivity contribution in [3.05, 3.63) is 55.7 Å². The molecule has 0 radical (unpaired) electrons. The van der Waals surface area contributed by atoms with E-state index in [1.54, 1.807) is 0 Å². The van der Waals surface area contributed by atoms with Crippen molar-refractivity contribution in [2.24, 2.45) is 0 Å². The van der Waals surface area contributed by atoms with Gasteiger partial charge in [0.05, 0.1) is 17.9 Å². The van der Waals surface area contributed by atoms with Crippen molar-refractivity contribution in [3.63, 3.8) is 0 Å². The van der Waals surface area contributed by atoms with E-state index in [1.165, 1.54) is 21.8 Å². The maximum absolute atomic E-state index is 12.7. The molecule has 0 spiro atoms. The molecule has 0 unspecified atom stereocenters. The van der Waals surface area contributed by atoms with Crippen molar-refractivity contribution >= 4 is 34.0 Å². The lowest BCUT2D eigenvalue weighted by atomic mass is 10.3. The van der Waals surface area contributed by atoms with Gasteiger partial charge in [0.15, 0.2) is 10.7 Å². The van der Waals surface area contributed by atoms with Crippen molar-refractivity contribution in [3.8, 4) is 0 Å². The predicted molar refractivity (Wildman–Crippen MR) is 90.1 cm³/mol. The molecule has 0 aliphatic rings. The molecule has 0 saturated carbocycles. The highest BCUT2D eigenvalue weighted by atomic mass is 35.5. The zero-order chi connectivity index (χ0) is 18.4. The van der Waals surface area contributed by atoms with Crippen LogP contribution in [0.1, 0.15) is 28.9 Å². The Morgan fingerprint density at radius 1 is 1.36 bits per heavy atom. The summed E-state index contributed by atoms with van der Waals surface area (Å²) in [4.78, 5) is 18.1. The standard InChI is InChI=1S/C15H12ClF3N4OS/c1-3-4-10-8(2)25-14-20-9(5-13(24)23(10)14)7-22-12(16)6-11(21-22)15(17,18)19/h3-6H,7H2,1-2H3. The van der Waals surface area contributed by atoms with Gasteiger partial charge in [-0.1, -0.05) is 17.7 Å². The number of alkyl halides is 3. The summed E-state index contributed by atoms with van der Waals surface area (Å²) < 4.78 is 40.5. The average Bonchev–Trinajstić information content (AvgIpc) is 3.01. The highest BCUT2D eigenvalue weighted by molar-refractivity contribution is 7.17. The number of allylic oxidation sites excluding steroid dienone is 1. The van der Waals surface area contributed by atoms with E-state index in [-0.39, 0.29) is 23.0 Å². The Morgan fingerprint density at radius 3 is 2.68 bits per heavy atom. The molecule has 0 aromatic carbocycles. The van der Waals surface area contributed by atoms with Gasteiger partial charge in [-0.25, -0.2) is 9.67 Å². The Kier molecular flexibility index (Phi) is 4.46. The Morgan fingerprint density at radius 2 is 2.08 bits per heavy atom. The minimum absolute atomic E-state index is 0.128. The fourth-order valence-electron chi connectivity index (χ4n) is 2.37. The maximum Gasteiger partial charge on any atom is 0.435 e. The van der Waals surface area contributed by atoms with Crippen LogP contribution in [0.25, 0.3) is 11.0 Å². The molecule has 0 bridgehead atoms. The van der Waals surface area contributed by atoms with E-state index in [0.717, 1.165) is 21.3 Å². The van der Waals surface area contributed by atoms with Gasteiger partial charge in [0.2, 0.25) is 0 Å². The van der Waals surface area contributed by atoms with Gasteiger partial charge in [0.25, 0.3) is 5.56 Å². The molecule has 3 aromatic rings. The van der Waals surface area contributed by atoms with E-state index in [4.69, 9.17) is 11.6 Å². The minimum atomic E-state index is -4.59. The molecule has 0 N–H and O–H groups in total. The van der Waals surface area contributed by atoms with Crippen LogP contribution in [0.4, 0.5) is 13.2 Å². The minimum Gasteiger partial charge on any atom is -0.269 e. The van der Waals surface area contributed by atoms with Gasteiger partial charge in [-0.05, 0) is 19.9 Å². The van der Waals surface area contributed by atoms with Crippen LogP contribution in [0, 0.1) is 6.92 Å². The molecule has 25 heavy (non-hydrogen) atoms. The van der Waals surface area contributed by atoms with Crippen molar-refractivity contribution < 1.29 is 13.2 Å². The van der Waals surface area contributed by atoms with Gasteiger partial charge >= 0.3 is 6.18 Å². The topological polar surface area (TPSA) is 52.2 Å². The van der Waals surface area contributed by atoms with Crippen molar-refractivity contribution in [2.45, 2.75) is 26.6 Å². The van der Waals surface area contributed by atoms with Gasteiger partial charge in [-0.2, -0.15) is 18.3 Å². The summed E-state index contributed by atoms with van der Waals surface area (Å²) in [5.41, 5.74) is -0.366. The lowest BCUT2D eigenvalue weighted by Gasteiger charge is -2.04. The van der Waals surface area contributed by atoms with Gasteiger partial charge in [0.1, 0.15) is 5.15 Å². The third-order valence-corrected chi connectivity index (χ3v) is 4.72. The number of fused-ring (bicyclic) bond motifs is 1. The van der Waals surface area contributed by atoms with Crippen LogP contribution >= 0.6 is 22.9 Å². The molecule has 0 amide bonds.